The van der Waals surface area contributed by atoms with E-state index < -0.39 is 0 Å². The van der Waals surface area contributed by atoms with Crippen LogP contribution in [0.1, 0.15) is 13.3 Å². The SMILES string of the molecule is CCC/[N+]([O-])=N\OC. The molecular weight excluding hydrogens is 108 g/mol. The van der Waals surface area contributed by atoms with E-state index in [1.807, 2.05) is 6.92 Å². The molecule has 0 unspecified atom stereocenters. The molecule has 8 heavy (non-hydrogen) atoms. The van der Waals surface area contributed by atoms with Gasteiger partial charge in [-0.25, -0.2) is 0 Å². The van der Waals surface area contributed by atoms with E-state index in [0.717, 1.165) is 6.42 Å². The highest BCUT2D eigenvalue weighted by Crippen LogP contribution is 1.79. The maximum atomic E-state index is 10.3. The van der Waals surface area contributed by atoms with Crippen LogP contribution in [0, 0.1) is 5.21 Å². The highest BCUT2D eigenvalue weighted by Gasteiger charge is 1.88. The van der Waals surface area contributed by atoms with Gasteiger partial charge in [-0.2, -0.15) is 0 Å². The third-order valence-corrected chi connectivity index (χ3v) is 0.588. The molecule has 0 aliphatic heterocycles. The second-order valence-electron chi connectivity index (χ2n) is 1.34. The summed E-state index contributed by atoms with van der Waals surface area (Å²) in [5.41, 5.74) is 0. The second-order valence-corrected chi connectivity index (χ2v) is 1.34. The van der Waals surface area contributed by atoms with Gasteiger partial charge < -0.3 is 10.0 Å². The zero-order chi connectivity index (χ0) is 6.41. The van der Waals surface area contributed by atoms with Crippen LogP contribution in [0.3, 0.4) is 0 Å². The van der Waals surface area contributed by atoms with Crippen LogP contribution in [-0.2, 0) is 4.84 Å². The van der Waals surface area contributed by atoms with Crippen LogP contribution in [0.15, 0.2) is 5.28 Å². The smallest absolute Gasteiger partial charge is 0.199 e. The minimum Gasteiger partial charge on any atom is -0.597 e. The summed E-state index contributed by atoms with van der Waals surface area (Å²) in [7, 11) is 1.35. The number of nitrogens with zero attached hydrogens (tertiary/aromatic N) is 2. The zero-order valence-electron chi connectivity index (χ0n) is 5.13. The number of hydroxylamine groups is 1. The Morgan fingerprint density at radius 3 is 2.75 bits per heavy atom. The fourth-order valence-electron chi connectivity index (χ4n) is 0.323. The van der Waals surface area contributed by atoms with Crippen molar-refractivity contribution in [2.75, 3.05) is 13.7 Å². The Bertz CT molecular complexity index is 82.1. The summed E-state index contributed by atoms with van der Waals surface area (Å²) in [5, 5.41) is 13.4. The summed E-state index contributed by atoms with van der Waals surface area (Å²) in [6.45, 7) is 2.30. The maximum absolute atomic E-state index is 10.3. The molecular formula is C4H10N2O2. The van der Waals surface area contributed by atoms with E-state index >= 15 is 0 Å². The van der Waals surface area contributed by atoms with Gasteiger partial charge >= 0.3 is 0 Å². The Balaban J connectivity index is 3.29. The Kier molecular flexibility index (Phi) is 3.93. The van der Waals surface area contributed by atoms with Gasteiger partial charge in [0.25, 0.3) is 0 Å². The maximum Gasteiger partial charge on any atom is 0.199 e. The third kappa shape index (κ3) is 3.39. The van der Waals surface area contributed by atoms with Crippen LogP contribution in [0.25, 0.3) is 0 Å². The number of hydrogen-bond acceptors (Lipinski definition) is 3. The molecule has 0 aromatic heterocycles. The molecule has 0 rings (SSSR count). The lowest BCUT2D eigenvalue weighted by atomic mass is 10.5. The molecule has 4 nitrogen and oxygen atoms in total. The quantitative estimate of drug-likeness (QED) is 0.314. The summed E-state index contributed by atoms with van der Waals surface area (Å²) in [6, 6.07) is 0. The van der Waals surface area contributed by atoms with Gasteiger partial charge in [-0.05, 0) is 0 Å². The van der Waals surface area contributed by atoms with Gasteiger partial charge in [0.1, 0.15) is 7.11 Å². The average Bonchev–Trinajstić information content (AvgIpc) is 1.68. The molecule has 0 aromatic carbocycles. The molecule has 0 fully saturated rings. The van der Waals surface area contributed by atoms with Gasteiger partial charge in [-0.3, -0.25) is 0 Å². The van der Waals surface area contributed by atoms with Crippen LogP contribution in [0.2, 0.25) is 0 Å². The van der Waals surface area contributed by atoms with Crippen molar-refractivity contribution in [3.63, 3.8) is 0 Å². The van der Waals surface area contributed by atoms with Gasteiger partial charge in [0, 0.05) is 6.42 Å². The molecule has 0 atom stereocenters. The summed E-state index contributed by atoms with van der Waals surface area (Å²) < 4.78 is 0. The standard InChI is InChI=1S/C4H10N2O2/c1-3-4-6(7)5-8-2/h3-4H2,1-2H3/b6-5+. The Labute approximate surface area is 48.3 Å². The molecule has 48 valence electrons. The van der Waals surface area contributed by atoms with Crippen molar-refractivity contribution in [2.45, 2.75) is 13.3 Å². The van der Waals surface area contributed by atoms with Crippen molar-refractivity contribution in [3.8, 4) is 0 Å². The molecule has 0 saturated heterocycles. The first-order chi connectivity index (χ1) is 3.81. The van der Waals surface area contributed by atoms with Crippen LogP contribution in [0.5, 0.6) is 0 Å². The Morgan fingerprint density at radius 2 is 2.38 bits per heavy atom. The van der Waals surface area contributed by atoms with Crippen molar-refractivity contribution in [3.05, 3.63) is 5.21 Å². The Morgan fingerprint density at radius 1 is 1.75 bits per heavy atom. The first-order valence-corrected chi connectivity index (χ1v) is 2.50. The first-order valence-electron chi connectivity index (χ1n) is 2.50. The fraction of sp³-hybridized carbons (Fsp3) is 1.00. The molecule has 0 radical (unpaired) electrons. The monoisotopic (exact) mass is 118 g/mol. The molecule has 0 aromatic rings. The fourth-order valence-corrected chi connectivity index (χ4v) is 0.323. The van der Waals surface area contributed by atoms with Crippen LogP contribution < -0.4 is 0 Å². The molecule has 0 bridgehead atoms. The summed E-state index contributed by atoms with van der Waals surface area (Å²) >= 11 is 0. The van der Waals surface area contributed by atoms with Crippen LogP contribution >= 0.6 is 0 Å². The van der Waals surface area contributed by atoms with Gasteiger partial charge in [-0.1, -0.05) is 11.8 Å². The van der Waals surface area contributed by atoms with E-state index in [1.165, 1.54) is 7.11 Å². The number of hydrogen-bond donors (Lipinski definition) is 0. The molecule has 0 spiro atoms. The minimum absolute atomic E-state index is 0.397. The highest BCUT2D eigenvalue weighted by atomic mass is 16.7. The van der Waals surface area contributed by atoms with Crippen LogP contribution in [0.4, 0.5) is 0 Å². The molecule has 0 aliphatic carbocycles. The largest absolute Gasteiger partial charge is 0.597 e. The first kappa shape index (κ1) is 7.20. The van der Waals surface area contributed by atoms with E-state index in [9.17, 15) is 5.21 Å². The van der Waals surface area contributed by atoms with Gasteiger partial charge in [0.05, 0.1) is 0 Å². The van der Waals surface area contributed by atoms with E-state index in [2.05, 4.69) is 10.1 Å². The molecule has 4 heteroatoms. The minimum atomic E-state index is 0.397. The van der Waals surface area contributed by atoms with E-state index in [0.29, 0.717) is 11.4 Å². The molecule has 0 N–H and O–H groups in total. The zero-order valence-corrected chi connectivity index (χ0v) is 5.13. The van der Waals surface area contributed by atoms with Gasteiger partial charge in [-0.15, -0.1) is 0 Å². The normalized spacial score (nSPS) is 11.5. The van der Waals surface area contributed by atoms with Crippen molar-refractivity contribution in [2.24, 2.45) is 5.28 Å². The molecule has 0 aliphatic rings. The van der Waals surface area contributed by atoms with Gasteiger partial charge in [0.15, 0.2) is 11.8 Å². The Hall–Kier alpha value is -0.800. The lowest BCUT2D eigenvalue weighted by Gasteiger charge is -1.93. The van der Waals surface area contributed by atoms with E-state index in [-0.39, 0.29) is 0 Å². The summed E-state index contributed by atoms with van der Waals surface area (Å²) in [4.78, 5) is 4.71. The average molecular weight is 118 g/mol. The second kappa shape index (κ2) is 4.36. The van der Waals surface area contributed by atoms with Crippen molar-refractivity contribution < 1.29 is 9.70 Å². The molecule has 0 heterocycles. The highest BCUT2D eigenvalue weighted by molar-refractivity contribution is 4.16. The van der Waals surface area contributed by atoms with Gasteiger partial charge in [0.2, 0.25) is 0 Å². The molecule has 0 amide bonds. The predicted octanol–water partition coefficient (Wildman–Crippen LogP) is 0.920. The van der Waals surface area contributed by atoms with Crippen molar-refractivity contribution in [1.82, 2.24) is 0 Å². The lowest BCUT2D eigenvalue weighted by molar-refractivity contribution is -0.557. The third-order valence-electron chi connectivity index (χ3n) is 0.588. The van der Waals surface area contributed by atoms with Crippen LogP contribution in [-0.4, -0.2) is 18.5 Å². The van der Waals surface area contributed by atoms with Crippen molar-refractivity contribution in [1.29, 1.82) is 0 Å². The topological polar surface area (TPSA) is 47.7 Å². The summed E-state index contributed by atoms with van der Waals surface area (Å²) in [6.07, 6.45) is 0.788. The molecule has 0 saturated carbocycles. The van der Waals surface area contributed by atoms with Crippen molar-refractivity contribution >= 4 is 0 Å². The lowest BCUT2D eigenvalue weighted by Crippen LogP contribution is -2.00. The predicted molar refractivity (Wildman–Crippen MR) is 28.2 cm³/mol. The summed E-state index contributed by atoms with van der Waals surface area (Å²) in [5.74, 6) is 0. The number of rotatable bonds is 3. The van der Waals surface area contributed by atoms with E-state index in [4.69, 9.17) is 0 Å². The van der Waals surface area contributed by atoms with E-state index in [1.54, 1.807) is 0 Å².